The number of oxazole rings is 1. The number of aryl methyl sites for hydroxylation is 1. The van der Waals surface area contributed by atoms with Crippen molar-refractivity contribution < 1.29 is 13.7 Å². The van der Waals surface area contributed by atoms with Crippen molar-refractivity contribution in [1.29, 1.82) is 0 Å². The predicted molar refractivity (Wildman–Crippen MR) is 114 cm³/mol. The van der Waals surface area contributed by atoms with Gasteiger partial charge in [-0.3, -0.25) is 4.98 Å². The molecule has 10 nitrogen and oxygen atoms in total. The number of aromatic nitrogens is 7. The summed E-state index contributed by atoms with van der Waals surface area (Å²) in [7, 11) is 1.62. The molecule has 4 aromatic heterocycles. The largest absolute Gasteiger partial charge is 0.496 e. The lowest BCUT2D eigenvalue weighted by Crippen LogP contribution is -2.05. The highest BCUT2D eigenvalue weighted by atomic mass is 16.5. The van der Waals surface area contributed by atoms with Gasteiger partial charge in [0.05, 0.1) is 24.9 Å². The Morgan fingerprint density at radius 1 is 1.00 bits per heavy atom. The fourth-order valence-electron chi connectivity index (χ4n) is 3.30. The Labute approximate surface area is 182 Å². The molecule has 0 saturated heterocycles. The summed E-state index contributed by atoms with van der Waals surface area (Å²) < 4.78 is 18.5. The van der Waals surface area contributed by atoms with Crippen LogP contribution in [-0.2, 0) is 6.54 Å². The van der Waals surface area contributed by atoms with Crippen molar-refractivity contribution in [3.8, 4) is 40.2 Å². The van der Waals surface area contributed by atoms with Crippen molar-refractivity contribution in [2.75, 3.05) is 7.11 Å². The first-order chi connectivity index (χ1) is 15.6. The molecule has 0 unspecified atom stereocenters. The zero-order chi connectivity index (χ0) is 22.1. The minimum absolute atomic E-state index is 0.298. The van der Waals surface area contributed by atoms with Crippen LogP contribution < -0.4 is 4.74 Å². The van der Waals surface area contributed by atoms with Gasteiger partial charge in [-0.1, -0.05) is 22.5 Å². The summed E-state index contributed by atoms with van der Waals surface area (Å²) in [4.78, 5) is 13.1. The fraction of sp³-hybridized carbons (Fsp3) is 0.182. The molecule has 0 spiro atoms. The number of rotatable bonds is 6. The molecule has 32 heavy (non-hydrogen) atoms. The predicted octanol–water partition coefficient (Wildman–Crippen LogP) is 3.72. The molecular formula is C22H19N7O3. The van der Waals surface area contributed by atoms with Crippen molar-refractivity contribution >= 4 is 0 Å². The van der Waals surface area contributed by atoms with Crippen LogP contribution in [0.2, 0.25) is 0 Å². The fourth-order valence-corrected chi connectivity index (χ4v) is 3.30. The van der Waals surface area contributed by atoms with Gasteiger partial charge in [0, 0.05) is 18.0 Å². The van der Waals surface area contributed by atoms with Gasteiger partial charge in [-0.05, 0) is 38.1 Å². The van der Waals surface area contributed by atoms with E-state index in [4.69, 9.17) is 13.7 Å². The van der Waals surface area contributed by atoms with E-state index in [9.17, 15) is 0 Å². The van der Waals surface area contributed by atoms with Crippen LogP contribution in [0.15, 0.2) is 57.7 Å². The van der Waals surface area contributed by atoms with Crippen LogP contribution in [0.5, 0.6) is 5.75 Å². The minimum atomic E-state index is 0.298. The molecule has 4 heterocycles. The van der Waals surface area contributed by atoms with Gasteiger partial charge in [0.15, 0.2) is 5.69 Å². The number of nitrogens with zero attached hydrogens (tertiary/aromatic N) is 7. The quantitative estimate of drug-likeness (QED) is 0.398. The van der Waals surface area contributed by atoms with E-state index in [2.05, 4.69) is 30.4 Å². The normalized spacial score (nSPS) is 11.1. The zero-order valence-corrected chi connectivity index (χ0v) is 17.7. The smallest absolute Gasteiger partial charge is 0.280 e. The second kappa shape index (κ2) is 8.06. The molecular weight excluding hydrogens is 410 g/mol. The van der Waals surface area contributed by atoms with Gasteiger partial charge in [-0.25, -0.2) is 9.67 Å². The molecule has 0 aliphatic rings. The van der Waals surface area contributed by atoms with Gasteiger partial charge < -0.3 is 13.7 Å². The molecule has 160 valence electrons. The summed E-state index contributed by atoms with van der Waals surface area (Å²) in [6.07, 6.45) is 3.35. The van der Waals surface area contributed by atoms with E-state index in [0.29, 0.717) is 41.4 Å². The molecule has 0 bridgehead atoms. The third-order valence-electron chi connectivity index (χ3n) is 5.08. The van der Waals surface area contributed by atoms with Gasteiger partial charge in [0.2, 0.25) is 11.7 Å². The lowest BCUT2D eigenvalue weighted by atomic mass is 10.2. The number of pyridine rings is 1. The summed E-state index contributed by atoms with van der Waals surface area (Å²) in [5.41, 5.74) is 3.63. The Hall–Kier alpha value is -4.34. The van der Waals surface area contributed by atoms with Gasteiger partial charge in [-0.2, -0.15) is 4.98 Å². The van der Waals surface area contributed by atoms with Crippen LogP contribution in [0.25, 0.3) is 34.4 Å². The maximum Gasteiger partial charge on any atom is 0.280 e. The number of methoxy groups -OCH3 is 1. The van der Waals surface area contributed by atoms with Crippen molar-refractivity contribution in [3.05, 3.63) is 65.9 Å². The minimum Gasteiger partial charge on any atom is -0.496 e. The highest BCUT2D eigenvalue weighted by Gasteiger charge is 2.21. The first-order valence-corrected chi connectivity index (χ1v) is 9.88. The van der Waals surface area contributed by atoms with E-state index in [0.717, 1.165) is 22.5 Å². The lowest BCUT2D eigenvalue weighted by molar-refractivity contribution is 0.414. The van der Waals surface area contributed by atoms with Crippen LogP contribution in [0.4, 0.5) is 0 Å². The molecule has 0 aliphatic heterocycles. The molecule has 0 radical (unpaired) electrons. The Bertz CT molecular complexity index is 1370. The number of hydrogen-bond acceptors (Lipinski definition) is 9. The average Bonchev–Trinajstić information content (AvgIpc) is 3.54. The molecule has 0 atom stereocenters. The number of ether oxygens (including phenoxy) is 1. The summed E-state index contributed by atoms with van der Waals surface area (Å²) in [5, 5.41) is 12.5. The van der Waals surface area contributed by atoms with Crippen molar-refractivity contribution in [3.63, 3.8) is 0 Å². The van der Waals surface area contributed by atoms with Crippen LogP contribution in [0.1, 0.15) is 17.1 Å². The number of para-hydroxylation sites is 1. The highest BCUT2D eigenvalue weighted by Crippen LogP contribution is 2.30. The molecule has 0 aliphatic carbocycles. The number of hydrogen-bond donors (Lipinski definition) is 0. The summed E-state index contributed by atoms with van der Waals surface area (Å²) in [5.74, 6) is 2.64. The van der Waals surface area contributed by atoms with E-state index in [1.165, 1.54) is 0 Å². The van der Waals surface area contributed by atoms with Crippen LogP contribution >= 0.6 is 0 Å². The van der Waals surface area contributed by atoms with Crippen LogP contribution in [0, 0.1) is 13.8 Å². The van der Waals surface area contributed by atoms with E-state index in [1.807, 2.05) is 50.2 Å². The van der Waals surface area contributed by atoms with Gasteiger partial charge in [0.25, 0.3) is 5.89 Å². The third kappa shape index (κ3) is 3.51. The molecule has 0 saturated carbocycles. The standard InChI is InChI=1S/C22H19N7O3/c1-13-19(22-25-20(27-32-22)15-8-10-23-11-9-15)26-28-29(13)12-17-14(2)31-21(24-17)16-6-4-5-7-18(16)30-3/h4-11H,12H2,1-3H3. The van der Waals surface area contributed by atoms with E-state index in [1.54, 1.807) is 24.2 Å². The Kier molecular flexibility index (Phi) is 4.94. The average molecular weight is 429 g/mol. The van der Waals surface area contributed by atoms with E-state index >= 15 is 0 Å². The third-order valence-corrected chi connectivity index (χ3v) is 5.08. The first kappa shape index (κ1) is 19.6. The van der Waals surface area contributed by atoms with E-state index < -0.39 is 0 Å². The highest BCUT2D eigenvalue weighted by molar-refractivity contribution is 5.63. The Balaban J connectivity index is 1.42. The van der Waals surface area contributed by atoms with Gasteiger partial charge in [0.1, 0.15) is 17.2 Å². The van der Waals surface area contributed by atoms with Gasteiger partial charge in [-0.15, -0.1) is 5.10 Å². The molecule has 5 rings (SSSR count). The first-order valence-electron chi connectivity index (χ1n) is 9.88. The molecule has 5 aromatic rings. The Morgan fingerprint density at radius 3 is 2.62 bits per heavy atom. The Morgan fingerprint density at radius 2 is 1.81 bits per heavy atom. The van der Waals surface area contributed by atoms with E-state index in [-0.39, 0.29) is 0 Å². The molecule has 0 amide bonds. The topological polar surface area (TPSA) is 118 Å². The van der Waals surface area contributed by atoms with Crippen LogP contribution in [0.3, 0.4) is 0 Å². The van der Waals surface area contributed by atoms with Crippen LogP contribution in [-0.4, -0.2) is 42.2 Å². The zero-order valence-electron chi connectivity index (χ0n) is 17.7. The lowest BCUT2D eigenvalue weighted by Gasteiger charge is -2.03. The summed E-state index contributed by atoms with van der Waals surface area (Å²) >= 11 is 0. The second-order valence-corrected chi connectivity index (χ2v) is 7.06. The maximum atomic E-state index is 5.90. The number of benzene rings is 1. The SMILES string of the molecule is COc1ccccc1-c1nc(Cn2nnc(-c3nc(-c4ccncc4)no3)c2C)c(C)o1. The molecule has 0 N–H and O–H groups in total. The summed E-state index contributed by atoms with van der Waals surface area (Å²) in [6, 6.07) is 11.2. The van der Waals surface area contributed by atoms with Crippen molar-refractivity contribution in [2.45, 2.75) is 20.4 Å². The van der Waals surface area contributed by atoms with Crippen molar-refractivity contribution in [2.24, 2.45) is 0 Å². The van der Waals surface area contributed by atoms with Crippen molar-refractivity contribution in [1.82, 2.24) is 35.1 Å². The molecule has 10 heteroatoms. The molecule has 0 fully saturated rings. The molecule has 1 aromatic carbocycles. The van der Waals surface area contributed by atoms with Gasteiger partial charge >= 0.3 is 0 Å². The monoisotopic (exact) mass is 429 g/mol. The summed E-state index contributed by atoms with van der Waals surface area (Å²) in [6.45, 7) is 4.14. The second-order valence-electron chi connectivity index (χ2n) is 7.06. The maximum absolute atomic E-state index is 5.90.